The van der Waals surface area contributed by atoms with Crippen molar-refractivity contribution in [2.75, 3.05) is 0 Å². The van der Waals surface area contributed by atoms with Crippen molar-refractivity contribution in [3.05, 3.63) is 88.3 Å². The van der Waals surface area contributed by atoms with Crippen LogP contribution in [0.2, 0.25) is 5.02 Å². The number of hydrogen-bond donors (Lipinski definition) is 1. The summed E-state index contributed by atoms with van der Waals surface area (Å²) in [6, 6.07) is 16.5. The predicted molar refractivity (Wildman–Crippen MR) is 101 cm³/mol. The van der Waals surface area contributed by atoms with Gasteiger partial charge in [-0.3, -0.25) is 4.79 Å². The van der Waals surface area contributed by atoms with Crippen LogP contribution in [0.25, 0.3) is 0 Å². The molecule has 0 aliphatic rings. The molecule has 1 N–H and O–H groups in total. The third-order valence-corrected chi connectivity index (χ3v) is 4.06. The van der Waals surface area contributed by atoms with E-state index in [1.54, 1.807) is 19.2 Å². The van der Waals surface area contributed by atoms with Gasteiger partial charge < -0.3 is 9.15 Å². The van der Waals surface area contributed by atoms with Crippen LogP contribution in [0.3, 0.4) is 0 Å². The number of furan rings is 1. The van der Waals surface area contributed by atoms with Crippen LogP contribution in [-0.2, 0) is 6.61 Å². The summed E-state index contributed by atoms with van der Waals surface area (Å²) in [6.45, 7) is 2.09. The van der Waals surface area contributed by atoms with Crippen LogP contribution >= 0.6 is 11.6 Å². The van der Waals surface area contributed by atoms with Crippen LogP contribution in [0.15, 0.2) is 70.4 Å². The quantitative estimate of drug-likeness (QED) is 0.511. The number of rotatable bonds is 6. The first-order chi connectivity index (χ1) is 12.6. The molecule has 1 amide bonds. The summed E-state index contributed by atoms with van der Waals surface area (Å²) in [4.78, 5) is 12.0. The monoisotopic (exact) mass is 368 g/mol. The van der Waals surface area contributed by atoms with E-state index in [2.05, 4.69) is 10.5 Å². The number of halogens is 1. The maximum absolute atomic E-state index is 12.0. The van der Waals surface area contributed by atoms with Crippen molar-refractivity contribution in [1.82, 2.24) is 5.43 Å². The summed E-state index contributed by atoms with van der Waals surface area (Å²) in [5, 5.41) is 4.64. The minimum Gasteiger partial charge on any atom is -0.489 e. The largest absolute Gasteiger partial charge is 0.489 e. The number of nitrogens with zero attached hydrogens (tertiary/aromatic N) is 1. The predicted octanol–water partition coefficient (Wildman–Crippen LogP) is 4.58. The van der Waals surface area contributed by atoms with Crippen LogP contribution in [0.4, 0.5) is 0 Å². The highest BCUT2D eigenvalue weighted by atomic mass is 35.5. The molecule has 0 unspecified atom stereocenters. The number of ether oxygens (including phenoxy) is 1. The van der Waals surface area contributed by atoms with Gasteiger partial charge in [-0.25, -0.2) is 5.43 Å². The highest BCUT2D eigenvalue weighted by molar-refractivity contribution is 6.31. The van der Waals surface area contributed by atoms with Gasteiger partial charge in [-0.1, -0.05) is 41.9 Å². The number of benzene rings is 2. The molecule has 6 heteroatoms. The van der Waals surface area contributed by atoms with Crippen LogP contribution in [-0.4, -0.2) is 12.1 Å². The third kappa shape index (κ3) is 4.52. The van der Waals surface area contributed by atoms with E-state index in [1.165, 1.54) is 6.26 Å². The Morgan fingerprint density at radius 2 is 2.08 bits per heavy atom. The summed E-state index contributed by atoms with van der Waals surface area (Å²) in [6.07, 6.45) is 3.02. The van der Waals surface area contributed by atoms with E-state index in [9.17, 15) is 4.79 Å². The second-order valence-corrected chi connectivity index (χ2v) is 5.95. The molecule has 1 heterocycles. The van der Waals surface area contributed by atoms with Gasteiger partial charge in [0.25, 0.3) is 5.91 Å². The maximum Gasteiger partial charge on any atom is 0.274 e. The molecule has 0 radical (unpaired) electrons. The third-order valence-electron chi connectivity index (χ3n) is 3.69. The first-order valence-electron chi connectivity index (χ1n) is 7.97. The van der Waals surface area contributed by atoms with Gasteiger partial charge in [-0.15, -0.1) is 0 Å². The van der Waals surface area contributed by atoms with Crippen molar-refractivity contribution >= 4 is 23.7 Å². The van der Waals surface area contributed by atoms with E-state index in [-0.39, 0.29) is 5.91 Å². The number of carbonyl (C=O) groups is 1. The topological polar surface area (TPSA) is 63.8 Å². The molecule has 0 spiro atoms. The van der Waals surface area contributed by atoms with Crippen molar-refractivity contribution in [2.24, 2.45) is 5.10 Å². The second-order valence-electron chi connectivity index (χ2n) is 5.54. The Morgan fingerprint density at radius 1 is 1.23 bits per heavy atom. The van der Waals surface area contributed by atoms with Gasteiger partial charge in [0.2, 0.25) is 0 Å². The van der Waals surface area contributed by atoms with Crippen LogP contribution in [0.5, 0.6) is 5.75 Å². The number of nitrogens with one attached hydrogen (secondary N) is 1. The molecule has 5 nitrogen and oxygen atoms in total. The lowest BCUT2D eigenvalue weighted by Crippen LogP contribution is -2.17. The molecule has 1 aromatic heterocycles. The number of amides is 1. The Kier molecular flexibility index (Phi) is 5.71. The van der Waals surface area contributed by atoms with Gasteiger partial charge in [0, 0.05) is 10.6 Å². The minimum absolute atomic E-state index is 0.321. The fourth-order valence-electron chi connectivity index (χ4n) is 2.31. The molecule has 0 saturated carbocycles. The number of hydrazone groups is 1. The van der Waals surface area contributed by atoms with E-state index in [0.717, 1.165) is 11.1 Å². The van der Waals surface area contributed by atoms with Gasteiger partial charge in [0.05, 0.1) is 18.0 Å². The fraction of sp³-hybridized carbons (Fsp3) is 0.100. The van der Waals surface area contributed by atoms with E-state index in [4.69, 9.17) is 20.8 Å². The van der Waals surface area contributed by atoms with Crippen molar-refractivity contribution in [1.29, 1.82) is 0 Å². The molecule has 0 atom stereocenters. The van der Waals surface area contributed by atoms with Gasteiger partial charge in [-0.05, 0) is 36.8 Å². The van der Waals surface area contributed by atoms with Crippen molar-refractivity contribution in [3.63, 3.8) is 0 Å². The van der Waals surface area contributed by atoms with Crippen molar-refractivity contribution < 1.29 is 13.9 Å². The lowest BCUT2D eigenvalue weighted by molar-refractivity contribution is 0.0953. The molecule has 0 aliphatic heterocycles. The average Bonchev–Trinajstić information content (AvgIpc) is 3.07. The Labute approximate surface area is 156 Å². The zero-order valence-corrected chi connectivity index (χ0v) is 14.9. The van der Waals surface area contributed by atoms with Gasteiger partial charge in [0.1, 0.15) is 18.1 Å². The maximum atomic E-state index is 12.0. The zero-order valence-electron chi connectivity index (χ0n) is 14.1. The zero-order chi connectivity index (χ0) is 18.4. The molecular formula is C20H17ClN2O3. The molecule has 0 saturated heterocycles. The van der Waals surface area contributed by atoms with E-state index < -0.39 is 0 Å². The SMILES string of the molecule is Cc1occc1C(=O)N/N=C/c1cccc(OCc2ccccc2Cl)c1. The lowest BCUT2D eigenvalue weighted by Gasteiger charge is -2.08. The highest BCUT2D eigenvalue weighted by Gasteiger charge is 2.09. The van der Waals surface area contributed by atoms with E-state index in [0.29, 0.717) is 28.7 Å². The van der Waals surface area contributed by atoms with Crippen LogP contribution in [0.1, 0.15) is 27.2 Å². The van der Waals surface area contributed by atoms with E-state index >= 15 is 0 Å². The van der Waals surface area contributed by atoms with Crippen LogP contribution in [0, 0.1) is 6.92 Å². The molecule has 132 valence electrons. The molecule has 26 heavy (non-hydrogen) atoms. The van der Waals surface area contributed by atoms with Gasteiger partial charge in [-0.2, -0.15) is 5.10 Å². The van der Waals surface area contributed by atoms with Gasteiger partial charge in [0.15, 0.2) is 0 Å². The van der Waals surface area contributed by atoms with Crippen molar-refractivity contribution in [3.8, 4) is 5.75 Å². The summed E-state index contributed by atoms with van der Waals surface area (Å²) >= 11 is 6.13. The number of carbonyl (C=O) groups excluding carboxylic acids is 1. The summed E-state index contributed by atoms with van der Waals surface area (Å²) in [7, 11) is 0. The van der Waals surface area contributed by atoms with Crippen molar-refractivity contribution in [2.45, 2.75) is 13.5 Å². The van der Waals surface area contributed by atoms with Gasteiger partial charge >= 0.3 is 0 Å². The number of hydrogen-bond acceptors (Lipinski definition) is 4. The Hall–Kier alpha value is -3.05. The Morgan fingerprint density at radius 3 is 2.85 bits per heavy atom. The minimum atomic E-state index is -0.321. The smallest absolute Gasteiger partial charge is 0.274 e. The average molecular weight is 369 g/mol. The summed E-state index contributed by atoms with van der Waals surface area (Å²) < 4.78 is 10.9. The molecule has 3 aromatic rings. The fourth-order valence-corrected chi connectivity index (χ4v) is 2.50. The summed E-state index contributed by atoms with van der Waals surface area (Å²) in [5.41, 5.74) is 4.64. The highest BCUT2D eigenvalue weighted by Crippen LogP contribution is 2.19. The first-order valence-corrected chi connectivity index (χ1v) is 8.35. The molecule has 2 aromatic carbocycles. The van der Waals surface area contributed by atoms with E-state index in [1.807, 2.05) is 48.5 Å². The first kappa shape index (κ1) is 17.8. The molecular weight excluding hydrogens is 352 g/mol. The summed E-state index contributed by atoms with van der Waals surface area (Å²) in [5.74, 6) is 0.914. The molecule has 0 aliphatic carbocycles. The Balaban J connectivity index is 1.59. The van der Waals surface area contributed by atoms with Crippen LogP contribution < -0.4 is 10.2 Å². The normalized spacial score (nSPS) is 10.8. The molecule has 3 rings (SSSR count). The standard InChI is InChI=1S/C20H17ClN2O3/c1-14-18(9-10-25-14)20(24)23-22-12-15-5-4-7-17(11-15)26-13-16-6-2-3-8-19(16)21/h2-12H,13H2,1H3,(H,23,24)/b22-12+. The Bertz CT molecular complexity index is 934. The molecule has 0 bridgehead atoms. The second kappa shape index (κ2) is 8.36. The lowest BCUT2D eigenvalue weighted by atomic mass is 10.2. The molecule has 0 fully saturated rings. The number of aryl methyl sites for hydroxylation is 1.